The van der Waals surface area contributed by atoms with Gasteiger partial charge in [-0.15, -0.1) is 0 Å². The van der Waals surface area contributed by atoms with Gasteiger partial charge in [0.2, 0.25) is 0 Å². The first-order chi connectivity index (χ1) is 19.2. The summed E-state index contributed by atoms with van der Waals surface area (Å²) in [4.78, 5) is 17.7. The molecule has 5 rings (SSSR count). The van der Waals surface area contributed by atoms with E-state index in [1.165, 1.54) is 36.8 Å². The Labute approximate surface area is 234 Å². The van der Waals surface area contributed by atoms with E-state index in [-0.39, 0.29) is 12.0 Å². The van der Waals surface area contributed by atoms with Crippen molar-refractivity contribution in [1.82, 2.24) is 15.1 Å². The van der Waals surface area contributed by atoms with Crippen LogP contribution in [0.2, 0.25) is 0 Å². The van der Waals surface area contributed by atoms with Gasteiger partial charge in [0.1, 0.15) is 11.9 Å². The molecule has 5 heteroatoms. The molecule has 2 heterocycles. The van der Waals surface area contributed by atoms with Crippen LogP contribution in [0, 0.1) is 0 Å². The Morgan fingerprint density at radius 1 is 0.744 bits per heavy atom. The Kier molecular flexibility index (Phi) is 10.1. The Morgan fingerprint density at radius 2 is 1.33 bits per heavy atom. The Morgan fingerprint density at radius 3 is 1.92 bits per heavy atom. The van der Waals surface area contributed by atoms with Gasteiger partial charge in [0.15, 0.2) is 0 Å². The fourth-order valence-corrected chi connectivity index (χ4v) is 5.91. The molecule has 0 radical (unpaired) electrons. The second-order valence-electron chi connectivity index (χ2n) is 11.0. The van der Waals surface area contributed by atoms with Gasteiger partial charge in [-0.05, 0) is 74.2 Å². The lowest BCUT2D eigenvalue weighted by molar-refractivity contribution is 0.0947. The molecule has 0 aliphatic carbocycles. The predicted octanol–water partition coefficient (Wildman–Crippen LogP) is 5.97. The van der Waals surface area contributed by atoms with Gasteiger partial charge >= 0.3 is 0 Å². The molecule has 2 fully saturated rings. The summed E-state index contributed by atoms with van der Waals surface area (Å²) >= 11 is 0. The number of amides is 1. The number of hydrogen-bond donors (Lipinski definition) is 1. The maximum atomic E-state index is 12.6. The number of likely N-dealkylation sites (tertiary alicyclic amines) is 2. The smallest absolute Gasteiger partial charge is 0.251 e. The van der Waals surface area contributed by atoms with E-state index >= 15 is 0 Å². The third-order valence-electron chi connectivity index (χ3n) is 8.21. The molecule has 0 unspecified atom stereocenters. The van der Waals surface area contributed by atoms with Crippen LogP contribution < -0.4 is 10.1 Å². The van der Waals surface area contributed by atoms with Crippen molar-refractivity contribution in [2.24, 2.45) is 0 Å². The number of nitrogens with zero attached hydrogens (tertiary/aromatic N) is 2. The van der Waals surface area contributed by atoms with Gasteiger partial charge in [0.05, 0.1) is 0 Å². The van der Waals surface area contributed by atoms with Gasteiger partial charge in [0, 0.05) is 44.2 Å². The van der Waals surface area contributed by atoms with Crippen LogP contribution in [-0.4, -0.2) is 67.6 Å². The molecule has 0 atom stereocenters. The third kappa shape index (κ3) is 8.17. The van der Waals surface area contributed by atoms with Gasteiger partial charge in [-0.25, -0.2) is 0 Å². The van der Waals surface area contributed by atoms with Crippen molar-refractivity contribution in [3.63, 3.8) is 0 Å². The van der Waals surface area contributed by atoms with Crippen LogP contribution in [0.3, 0.4) is 0 Å². The van der Waals surface area contributed by atoms with Crippen LogP contribution in [0.4, 0.5) is 0 Å². The fraction of sp³-hybridized carbons (Fsp3) is 0.441. The standard InChI is InChI=1S/C34H43N3O2/c38-34(35-21-26-36-22-9-1-2-10-23-36)30-15-17-31(18-16-30)39-32-19-24-37(25-20-32)27-33(28-11-5-3-6-12-28)29-13-7-4-8-14-29/h3-8,11-18,32-33H,1-2,9-10,19-27H2,(H,35,38). The van der Waals surface area contributed by atoms with Crippen LogP contribution in [-0.2, 0) is 0 Å². The molecular weight excluding hydrogens is 482 g/mol. The first-order valence-electron chi connectivity index (χ1n) is 14.8. The number of ether oxygens (including phenoxy) is 1. The van der Waals surface area contributed by atoms with Gasteiger partial charge in [-0.2, -0.15) is 0 Å². The molecule has 39 heavy (non-hydrogen) atoms. The van der Waals surface area contributed by atoms with Crippen LogP contribution in [0.5, 0.6) is 5.75 Å². The summed E-state index contributed by atoms with van der Waals surface area (Å²) in [5.41, 5.74) is 3.43. The largest absolute Gasteiger partial charge is 0.490 e. The first-order valence-corrected chi connectivity index (χ1v) is 14.8. The Hall–Kier alpha value is -3.15. The van der Waals surface area contributed by atoms with Crippen molar-refractivity contribution >= 4 is 5.91 Å². The number of carbonyl (C=O) groups is 1. The van der Waals surface area contributed by atoms with E-state index in [1.54, 1.807) is 0 Å². The Bertz CT molecular complexity index is 1080. The van der Waals surface area contributed by atoms with Crippen molar-refractivity contribution in [2.45, 2.75) is 50.5 Å². The number of piperidine rings is 1. The molecule has 2 saturated heterocycles. The van der Waals surface area contributed by atoms with E-state index in [4.69, 9.17) is 4.74 Å². The summed E-state index contributed by atoms with van der Waals surface area (Å²) in [7, 11) is 0. The summed E-state index contributed by atoms with van der Waals surface area (Å²) in [6.45, 7) is 7.01. The fourth-order valence-electron chi connectivity index (χ4n) is 5.91. The maximum Gasteiger partial charge on any atom is 0.251 e. The zero-order valence-corrected chi connectivity index (χ0v) is 23.1. The van der Waals surface area contributed by atoms with E-state index in [1.807, 2.05) is 24.3 Å². The third-order valence-corrected chi connectivity index (χ3v) is 8.21. The minimum Gasteiger partial charge on any atom is -0.490 e. The van der Waals surface area contributed by atoms with Crippen LogP contribution >= 0.6 is 0 Å². The molecular formula is C34H43N3O2. The molecule has 1 amide bonds. The molecule has 3 aromatic rings. The minimum absolute atomic E-state index is 0.00364. The van der Waals surface area contributed by atoms with Crippen LogP contribution in [0.15, 0.2) is 84.9 Å². The lowest BCUT2D eigenvalue weighted by Crippen LogP contribution is -2.40. The highest BCUT2D eigenvalue weighted by atomic mass is 16.5. The van der Waals surface area contributed by atoms with Crippen molar-refractivity contribution in [1.29, 1.82) is 0 Å². The predicted molar refractivity (Wildman–Crippen MR) is 159 cm³/mol. The molecule has 0 spiro atoms. The number of rotatable bonds is 10. The second-order valence-corrected chi connectivity index (χ2v) is 11.0. The quantitative estimate of drug-likeness (QED) is 0.354. The lowest BCUT2D eigenvalue weighted by atomic mass is 9.90. The normalized spacial score (nSPS) is 17.6. The molecule has 0 bridgehead atoms. The monoisotopic (exact) mass is 525 g/mol. The van der Waals surface area contributed by atoms with Crippen molar-refractivity contribution < 1.29 is 9.53 Å². The summed E-state index contributed by atoms with van der Waals surface area (Å²) in [5, 5.41) is 3.08. The molecule has 3 aromatic carbocycles. The van der Waals surface area contributed by atoms with Gasteiger partial charge in [-0.1, -0.05) is 73.5 Å². The van der Waals surface area contributed by atoms with Gasteiger partial charge in [-0.3, -0.25) is 4.79 Å². The molecule has 0 saturated carbocycles. The zero-order valence-electron chi connectivity index (χ0n) is 23.1. The maximum absolute atomic E-state index is 12.6. The van der Waals surface area contributed by atoms with E-state index in [2.05, 4.69) is 75.8 Å². The number of carbonyl (C=O) groups excluding carboxylic acids is 1. The number of nitrogens with one attached hydrogen (secondary N) is 1. The second kappa shape index (κ2) is 14.3. The summed E-state index contributed by atoms with van der Waals surface area (Å²) in [5.74, 6) is 1.21. The molecule has 1 N–H and O–H groups in total. The highest BCUT2D eigenvalue weighted by molar-refractivity contribution is 5.94. The Balaban J connectivity index is 1.07. The van der Waals surface area contributed by atoms with Crippen LogP contribution in [0.25, 0.3) is 0 Å². The van der Waals surface area contributed by atoms with E-state index in [0.717, 1.165) is 57.9 Å². The van der Waals surface area contributed by atoms with E-state index in [9.17, 15) is 4.79 Å². The zero-order chi connectivity index (χ0) is 26.7. The van der Waals surface area contributed by atoms with E-state index < -0.39 is 0 Å². The summed E-state index contributed by atoms with van der Waals surface area (Å²) < 4.78 is 6.32. The topological polar surface area (TPSA) is 44.8 Å². The van der Waals surface area contributed by atoms with Crippen LogP contribution in [0.1, 0.15) is 65.9 Å². The molecule has 206 valence electrons. The highest BCUT2D eigenvalue weighted by Crippen LogP contribution is 2.28. The van der Waals surface area contributed by atoms with Gasteiger partial charge in [0.25, 0.3) is 5.91 Å². The molecule has 2 aliphatic rings. The van der Waals surface area contributed by atoms with E-state index in [0.29, 0.717) is 18.0 Å². The molecule has 2 aliphatic heterocycles. The van der Waals surface area contributed by atoms with Crippen molar-refractivity contribution in [2.75, 3.05) is 45.8 Å². The summed E-state index contributed by atoms with van der Waals surface area (Å²) in [6, 6.07) is 29.3. The summed E-state index contributed by atoms with van der Waals surface area (Å²) in [6.07, 6.45) is 7.44. The highest BCUT2D eigenvalue weighted by Gasteiger charge is 2.24. The average molecular weight is 526 g/mol. The first kappa shape index (κ1) is 27.4. The number of benzene rings is 3. The lowest BCUT2D eigenvalue weighted by Gasteiger charge is -2.34. The van der Waals surface area contributed by atoms with Gasteiger partial charge < -0.3 is 19.9 Å². The minimum atomic E-state index is -0.00364. The molecule has 5 nitrogen and oxygen atoms in total. The molecule has 0 aromatic heterocycles. The average Bonchev–Trinajstić information content (AvgIpc) is 3.27. The number of hydrogen-bond acceptors (Lipinski definition) is 4. The van der Waals surface area contributed by atoms with Crippen molar-refractivity contribution in [3.05, 3.63) is 102 Å². The van der Waals surface area contributed by atoms with Crippen molar-refractivity contribution in [3.8, 4) is 5.75 Å². The SMILES string of the molecule is O=C(NCCN1CCCCCC1)c1ccc(OC2CCN(CC(c3ccccc3)c3ccccc3)CC2)cc1.